The molecule has 0 aliphatic carbocycles. The summed E-state index contributed by atoms with van der Waals surface area (Å²) in [7, 11) is 0. The second-order valence-corrected chi connectivity index (χ2v) is 4.91. The Morgan fingerprint density at radius 1 is 1.29 bits per heavy atom. The van der Waals surface area contributed by atoms with Crippen LogP contribution in [0.3, 0.4) is 0 Å². The van der Waals surface area contributed by atoms with Crippen molar-refractivity contribution in [1.29, 1.82) is 0 Å². The summed E-state index contributed by atoms with van der Waals surface area (Å²) in [5, 5.41) is 9.15. The van der Waals surface area contributed by atoms with E-state index in [-0.39, 0.29) is 17.0 Å². The Bertz CT molecular complexity index is 812. The zero-order valence-electron chi connectivity index (χ0n) is 11.3. The molecule has 0 saturated carbocycles. The number of nitrogens with one attached hydrogen (secondary N) is 1. The van der Waals surface area contributed by atoms with E-state index in [4.69, 9.17) is 5.11 Å². The molecule has 0 saturated heterocycles. The normalized spacial score (nSPS) is 12.5. The van der Waals surface area contributed by atoms with Gasteiger partial charge in [0, 0.05) is 5.92 Å². The lowest BCUT2D eigenvalue weighted by Gasteiger charge is -2.07. The minimum atomic E-state index is -1.19. The Labute approximate surface area is 120 Å². The van der Waals surface area contributed by atoms with Crippen LogP contribution in [0, 0.1) is 5.82 Å². The summed E-state index contributed by atoms with van der Waals surface area (Å²) in [6, 6.07) is 12.0. The fourth-order valence-corrected chi connectivity index (χ4v) is 2.37. The quantitative estimate of drug-likeness (QED) is 0.773. The number of carboxylic acid groups (broad SMARTS) is 1. The summed E-state index contributed by atoms with van der Waals surface area (Å²) in [6.07, 6.45) is 0. The molecular formula is C16H13FN2O2. The fraction of sp³-hybridized carbons (Fsp3) is 0.125. The second kappa shape index (κ2) is 5.01. The molecule has 2 aromatic carbocycles. The molecule has 0 aliphatic heterocycles. The SMILES string of the molecule is CC(c1ccccc1)c1nc2c(C(=O)O)cc(F)cc2[nH]1. The second-order valence-electron chi connectivity index (χ2n) is 4.91. The van der Waals surface area contributed by atoms with Gasteiger partial charge in [0.2, 0.25) is 0 Å². The van der Waals surface area contributed by atoms with Gasteiger partial charge in [-0.2, -0.15) is 0 Å². The Morgan fingerprint density at radius 3 is 2.67 bits per heavy atom. The van der Waals surface area contributed by atoms with Crippen molar-refractivity contribution in [3.05, 3.63) is 65.2 Å². The largest absolute Gasteiger partial charge is 0.478 e. The molecule has 106 valence electrons. The lowest BCUT2D eigenvalue weighted by molar-refractivity contribution is 0.0698. The maximum atomic E-state index is 13.5. The standard InChI is InChI=1S/C16H13FN2O2/c1-9(10-5-3-2-4-6-10)15-18-13-8-11(17)7-12(16(20)21)14(13)19-15/h2-9H,1H3,(H,18,19)(H,20,21). The number of hydrogen-bond donors (Lipinski definition) is 2. The van der Waals surface area contributed by atoms with E-state index in [9.17, 15) is 9.18 Å². The number of fused-ring (bicyclic) bond motifs is 1. The van der Waals surface area contributed by atoms with Gasteiger partial charge in [-0.3, -0.25) is 0 Å². The monoisotopic (exact) mass is 284 g/mol. The van der Waals surface area contributed by atoms with Gasteiger partial charge in [-0.1, -0.05) is 37.3 Å². The molecule has 0 aliphatic rings. The minimum Gasteiger partial charge on any atom is -0.478 e. The van der Waals surface area contributed by atoms with Crippen molar-refractivity contribution >= 4 is 17.0 Å². The van der Waals surface area contributed by atoms with Crippen molar-refractivity contribution in [2.45, 2.75) is 12.8 Å². The number of halogens is 1. The number of aromatic carboxylic acids is 1. The summed E-state index contributed by atoms with van der Waals surface area (Å²) >= 11 is 0. The average Bonchev–Trinajstić information content (AvgIpc) is 2.90. The highest BCUT2D eigenvalue weighted by Crippen LogP contribution is 2.26. The van der Waals surface area contributed by atoms with Crippen molar-refractivity contribution in [2.24, 2.45) is 0 Å². The van der Waals surface area contributed by atoms with Crippen LogP contribution < -0.4 is 0 Å². The van der Waals surface area contributed by atoms with E-state index in [1.807, 2.05) is 37.3 Å². The third kappa shape index (κ3) is 2.38. The summed E-state index contributed by atoms with van der Waals surface area (Å²) in [4.78, 5) is 18.6. The van der Waals surface area contributed by atoms with Crippen molar-refractivity contribution in [1.82, 2.24) is 9.97 Å². The molecule has 1 unspecified atom stereocenters. The summed E-state index contributed by atoms with van der Waals surface area (Å²) in [6.45, 7) is 1.96. The van der Waals surface area contributed by atoms with E-state index in [0.29, 0.717) is 11.3 Å². The third-order valence-corrected chi connectivity index (χ3v) is 3.51. The molecule has 4 nitrogen and oxygen atoms in total. The fourth-order valence-electron chi connectivity index (χ4n) is 2.37. The van der Waals surface area contributed by atoms with Crippen molar-refractivity contribution in [3.8, 4) is 0 Å². The zero-order chi connectivity index (χ0) is 15.0. The Balaban J connectivity index is 2.13. The van der Waals surface area contributed by atoms with Crippen molar-refractivity contribution < 1.29 is 14.3 Å². The molecule has 0 radical (unpaired) electrons. The highest BCUT2D eigenvalue weighted by Gasteiger charge is 2.18. The third-order valence-electron chi connectivity index (χ3n) is 3.51. The van der Waals surface area contributed by atoms with Gasteiger partial charge < -0.3 is 10.1 Å². The first-order valence-corrected chi connectivity index (χ1v) is 6.53. The van der Waals surface area contributed by atoms with Gasteiger partial charge in [0.25, 0.3) is 0 Å². The average molecular weight is 284 g/mol. The van der Waals surface area contributed by atoms with Crippen molar-refractivity contribution in [3.63, 3.8) is 0 Å². The number of imidazole rings is 1. The smallest absolute Gasteiger partial charge is 0.338 e. The number of H-pyrrole nitrogens is 1. The molecule has 0 amide bonds. The number of hydrogen-bond acceptors (Lipinski definition) is 2. The number of benzene rings is 2. The number of carboxylic acids is 1. The number of carbonyl (C=O) groups is 1. The molecule has 2 N–H and O–H groups in total. The van der Waals surface area contributed by atoms with Gasteiger partial charge in [0.05, 0.1) is 11.1 Å². The molecule has 3 aromatic rings. The van der Waals surface area contributed by atoms with Crippen LogP contribution in [0.2, 0.25) is 0 Å². The van der Waals surface area contributed by atoms with E-state index < -0.39 is 11.8 Å². The highest BCUT2D eigenvalue weighted by atomic mass is 19.1. The van der Waals surface area contributed by atoms with Crippen LogP contribution >= 0.6 is 0 Å². The van der Waals surface area contributed by atoms with Crippen LogP contribution in [0.25, 0.3) is 11.0 Å². The van der Waals surface area contributed by atoms with Gasteiger partial charge >= 0.3 is 5.97 Å². The van der Waals surface area contributed by atoms with Crippen molar-refractivity contribution in [2.75, 3.05) is 0 Å². The lowest BCUT2D eigenvalue weighted by Crippen LogP contribution is -1.99. The van der Waals surface area contributed by atoms with E-state index in [1.54, 1.807) is 0 Å². The molecule has 5 heteroatoms. The van der Waals surface area contributed by atoms with Gasteiger partial charge in [-0.05, 0) is 17.7 Å². The maximum absolute atomic E-state index is 13.5. The van der Waals surface area contributed by atoms with E-state index in [2.05, 4.69) is 9.97 Å². The van der Waals surface area contributed by atoms with E-state index in [1.165, 1.54) is 6.07 Å². The number of aromatic amines is 1. The molecule has 0 bridgehead atoms. The maximum Gasteiger partial charge on any atom is 0.338 e. The first-order chi connectivity index (χ1) is 10.1. The van der Waals surface area contributed by atoms with E-state index >= 15 is 0 Å². The van der Waals surface area contributed by atoms with Gasteiger partial charge in [0.1, 0.15) is 17.2 Å². The predicted octanol–water partition coefficient (Wildman–Crippen LogP) is 3.55. The first kappa shape index (κ1) is 13.3. The molecular weight excluding hydrogens is 271 g/mol. The molecule has 1 aromatic heterocycles. The van der Waals surface area contributed by atoms with Crippen LogP contribution in [0.1, 0.15) is 34.6 Å². The predicted molar refractivity (Wildman–Crippen MR) is 77.0 cm³/mol. The zero-order valence-corrected chi connectivity index (χ0v) is 11.3. The number of aromatic nitrogens is 2. The Kier molecular flexibility index (Phi) is 3.17. The minimum absolute atomic E-state index is 0.0386. The molecule has 1 atom stereocenters. The summed E-state index contributed by atoms with van der Waals surface area (Å²) in [5.41, 5.74) is 1.59. The Hall–Kier alpha value is -2.69. The van der Waals surface area contributed by atoms with Crippen LogP contribution in [0.5, 0.6) is 0 Å². The highest BCUT2D eigenvalue weighted by molar-refractivity contribution is 6.01. The number of rotatable bonds is 3. The summed E-state index contributed by atoms with van der Waals surface area (Å²) < 4.78 is 13.5. The van der Waals surface area contributed by atoms with Gasteiger partial charge in [-0.15, -0.1) is 0 Å². The number of nitrogens with zero attached hydrogens (tertiary/aromatic N) is 1. The molecule has 0 fully saturated rings. The molecule has 0 spiro atoms. The molecule has 3 rings (SSSR count). The van der Waals surface area contributed by atoms with Crippen LogP contribution in [0.4, 0.5) is 4.39 Å². The van der Waals surface area contributed by atoms with Crippen LogP contribution in [0.15, 0.2) is 42.5 Å². The molecule has 21 heavy (non-hydrogen) atoms. The van der Waals surface area contributed by atoms with Crippen LogP contribution in [-0.2, 0) is 0 Å². The topological polar surface area (TPSA) is 66.0 Å². The van der Waals surface area contributed by atoms with Gasteiger partial charge in [-0.25, -0.2) is 14.2 Å². The molecule has 1 heterocycles. The lowest BCUT2D eigenvalue weighted by atomic mass is 10.0. The van der Waals surface area contributed by atoms with E-state index in [0.717, 1.165) is 11.6 Å². The van der Waals surface area contributed by atoms with Crippen LogP contribution in [-0.4, -0.2) is 21.0 Å². The first-order valence-electron chi connectivity index (χ1n) is 6.53. The van der Waals surface area contributed by atoms with Gasteiger partial charge in [0.15, 0.2) is 0 Å². The summed E-state index contributed by atoms with van der Waals surface area (Å²) in [5.74, 6) is -1.21. The Morgan fingerprint density at radius 2 is 2.00 bits per heavy atom.